The molecule has 13 heteroatoms. The van der Waals surface area contributed by atoms with Crippen LogP contribution in [0.3, 0.4) is 0 Å². The van der Waals surface area contributed by atoms with Crippen molar-refractivity contribution in [1.82, 2.24) is 4.98 Å². The van der Waals surface area contributed by atoms with Crippen molar-refractivity contribution < 1.29 is 27.6 Å². The summed E-state index contributed by atoms with van der Waals surface area (Å²) in [4.78, 5) is 4.35. The summed E-state index contributed by atoms with van der Waals surface area (Å²) in [5.41, 5.74) is 0. The summed E-state index contributed by atoms with van der Waals surface area (Å²) >= 11 is 8.87. The molecule has 0 aliphatic rings. The van der Waals surface area contributed by atoms with E-state index in [1.807, 2.05) is 0 Å². The average Bonchev–Trinajstić information content (AvgIpc) is 2.88. The third kappa shape index (κ3) is 5.90. The van der Waals surface area contributed by atoms with Crippen LogP contribution in [0, 0.1) is 0 Å². The molecule has 0 spiro atoms. The fraction of sp³-hybridized carbons (Fsp3) is 0.0800. The first-order chi connectivity index (χ1) is 17.7. The van der Waals surface area contributed by atoms with E-state index in [0.29, 0.717) is 20.8 Å². The van der Waals surface area contributed by atoms with Crippen LogP contribution < -0.4 is 0 Å². The Morgan fingerprint density at radius 2 is 1.18 bits per heavy atom. The molecule has 0 bridgehead atoms. The molecule has 3 aromatic carbocycles. The van der Waals surface area contributed by atoms with Crippen molar-refractivity contribution in [2.45, 2.75) is 24.4 Å². The summed E-state index contributed by atoms with van der Waals surface area (Å²) in [6.45, 7) is 0. The van der Waals surface area contributed by atoms with Crippen molar-refractivity contribution in [3.05, 3.63) is 114 Å². The topological polar surface area (TPSA) is 56.3 Å². The molecular formula is C25H21BrClF4NO3S3. The standard InChI is InChI=1S/C25H21BrClF4NO3S3/c26-20-16-17-25(32-18-20)38(28,29,30,31)19-24(27)37(33,34)35-36(21-10-4-1-5-11-21,22-12-6-2-7-13-22)23-14-8-3-9-15-23/h1-18,24H,19H2. The minimum atomic E-state index is -9.25. The van der Waals surface area contributed by atoms with E-state index in [1.54, 1.807) is 91.0 Å². The van der Waals surface area contributed by atoms with Gasteiger partial charge in [0.25, 0.3) is 10.1 Å². The SMILES string of the molecule is O=S(=O)(OS(c1ccccc1)(c1ccccc1)c1ccccc1)C(Cl)CS(F)(F)(F)(F)c1ccc(Br)cn1. The number of benzene rings is 3. The smallest absolute Gasteiger partial charge is 0.242 e. The van der Waals surface area contributed by atoms with Gasteiger partial charge in [0.05, 0.1) is 5.75 Å². The lowest BCUT2D eigenvalue weighted by Gasteiger charge is -2.49. The fourth-order valence-electron chi connectivity index (χ4n) is 3.61. The highest BCUT2D eigenvalue weighted by Crippen LogP contribution is 3.00. The lowest BCUT2D eigenvalue weighted by atomic mass is 10.4. The Bertz CT molecular complexity index is 1430. The molecule has 0 fully saturated rings. The van der Waals surface area contributed by atoms with E-state index in [4.69, 9.17) is 15.2 Å². The maximum absolute atomic E-state index is 15.2. The van der Waals surface area contributed by atoms with E-state index < -0.39 is 45.8 Å². The van der Waals surface area contributed by atoms with Gasteiger partial charge in [-0.3, -0.25) is 0 Å². The minimum Gasteiger partial charge on any atom is -0.242 e. The third-order valence-electron chi connectivity index (χ3n) is 5.37. The minimum absolute atomic E-state index is 0.190. The zero-order valence-electron chi connectivity index (χ0n) is 19.3. The number of rotatable bonds is 9. The van der Waals surface area contributed by atoms with Crippen LogP contribution in [-0.2, 0) is 13.7 Å². The number of aromatic nitrogens is 1. The number of hydrogen-bond donors (Lipinski definition) is 0. The van der Waals surface area contributed by atoms with Crippen LogP contribution in [0.1, 0.15) is 0 Å². The van der Waals surface area contributed by atoms with Crippen LogP contribution in [0.5, 0.6) is 0 Å². The molecule has 0 amide bonds. The number of hydrogen-bond acceptors (Lipinski definition) is 4. The second-order valence-electron chi connectivity index (χ2n) is 8.19. The van der Waals surface area contributed by atoms with Crippen LogP contribution >= 0.6 is 47.7 Å². The molecular weight excluding hydrogens is 650 g/mol. The van der Waals surface area contributed by atoms with Crippen molar-refractivity contribution in [3.8, 4) is 0 Å². The Kier molecular flexibility index (Phi) is 7.48. The maximum Gasteiger partial charge on any atom is 0.295 e. The number of halogens is 6. The summed E-state index contributed by atoms with van der Waals surface area (Å²) in [5.74, 6) is -2.49. The largest absolute Gasteiger partial charge is 0.295 e. The van der Waals surface area contributed by atoms with Gasteiger partial charge in [0.15, 0.2) is 9.74 Å². The van der Waals surface area contributed by atoms with E-state index in [2.05, 4.69) is 20.9 Å². The Balaban J connectivity index is 1.86. The second kappa shape index (κ2) is 9.83. The molecule has 38 heavy (non-hydrogen) atoms. The molecule has 4 aromatic rings. The van der Waals surface area contributed by atoms with Gasteiger partial charge < -0.3 is 0 Å². The fourth-order valence-corrected chi connectivity index (χ4v) is 12.6. The van der Waals surface area contributed by atoms with Gasteiger partial charge in [0.1, 0.15) is 0 Å². The zero-order chi connectivity index (χ0) is 27.7. The first-order valence-corrected chi connectivity index (χ1v) is 17.3. The van der Waals surface area contributed by atoms with Crippen molar-refractivity contribution >= 4 is 57.8 Å². The molecule has 4 rings (SSSR count). The first kappa shape index (κ1) is 28.9. The Morgan fingerprint density at radius 1 is 0.763 bits per heavy atom. The summed E-state index contributed by atoms with van der Waals surface area (Å²) in [6, 6.07) is 26.2. The lowest BCUT2D eigenvalue weighted by molar-refractivity contribution is 0.434. The highest BCUT2D eigenvalue weighted by Gasteiger charge is 2.68. The van der Waals surface area contributed by atoms with E-state index in [1.165, 1.54) is 0 Å². The lowest BCUT2D eigenvalue weighted by Crippen LogP contribution is -2.32. The van der Waals surface area contributed by atoms with E-state index in [-0.39, 0.29) is 4.47 Å². The van der Waals surface area contributed by atoms with Gasteiger partial charge in [-0.15, -0.1) is 27.1 Å². The van der Waals surface area contributed by atoms with Crippen LogP contribution in [0.4, 0.5) is 15.5 Å². The summed E-state index contributed by atoms with van der Waals surface area (Å²) < 4.78 is 90.8. The van der Waals surface area contributed by atoms with Crippen LogP contribution in [-0.4, -0.2) is 23.9 Å². The molecule has 1 aromatic heterocycles. The molecule has 0 saturated carbocycles. The predicted molar refractivity (Wildman–Crippen MR) is 148 cm³/mol. The molecule has 204 valence electrons. The van der Waals surface area contributed by atoms with E-state index >= 15 is 15.5 Å². The average molecular weight is 671 g/mol. The third-order valence-corrected chi connectivity index (χ3v) is 14.4. The highest BCUT2D eigenvalue weighted by atomic mass is 79.9. The summed E-state index contributed by atoms with van der Waals surface area (Å²) in [5, 5.41) is -1.83. The Morgan fingerprint density at radius 3 is 1.55 bits per heavy atom. The molecule has 1 heterocycles. The van der Waals surface area contributed by atoms with Crippen molar-refractivity contribution in [3.63, 3.8) is 0 Å². The Hall–Kier alpha value is -2.09. The highest BCUT2D eigenvalue weighted by molar-refractivity contribution is 9.10. The molecule has 0 aliphatic carbocycles. The number of nitrogens with zero attached hydrogens (tertiary/aromatic N) is 1. The summed E-state index contributed by atoms with van der Waals surface area (Å²) in [7, 11) is -17.7. The van der Waals surface area contributed by atoms with Gasteiger partial charge in [-0.25, -0.2) is 8.61 Å². The molecule has 0 saturated heterocycles. The second-order valence-corrected chi connectivity index (χ2v) is 17.7. The van der Waals surface area contributed by atoms with E-state index in [9.17, 15) is 8.42 Å². The Labute approximate surface area is 233 Å². The molecule has 4 nitrogen and oxygen atoms in total. The molecule has 1 unspecified atom stereocenters. The number of alkyl halides is 1. The zero-order valence-corrected chi connectivity index (χ0v) is 24.1. The van der Waals surface area contributed by atoms with Crippen LogP contribution in [0.2, 0.25) is 0 Å². The van der Waals surface area contributed by atoms with Crippen molar-refractivity contribution in [2.75, 3.05) is 5.75 Å². The predicted octanol–water partition coefficient (Wildman–Crippen LogP) is 9.43. The summed E-state index contributed by atoms with van der Waals surface area (Å²) in [6.07, 6.45) is 0.775. The maximum atomic E-state index is 15.2. The van der Waals surface area contributed by atoms with Crippen LogP contribution in [0.25, 0.3) is 0 Å². The molecule has 0 aliphatic heterocycles. The van der Waals surface area contributed by atoms with Gasteiger partial charge in [-0.2, -0.15) is 8.42 Å². The van der Waals surface area contributed by atoms with Gasteiger partial charge in [-0.05, 0) is 74.8 Å². The molecule has 1 atom stereocenters. The van der Waals surface area contributed by atoms with Gasteiger partial charge in [0, 0.05) is 25.4 Å². The normalized spacial score (nSPS) is 15.7. The monoisotopic (exact) mass is 669 g/mol. The quantitative estimate of drug-likeness (QED) is 0.132. The van der Waals surface area contributed by atoms with Crippen molar-refractivity contribution in [2.24, 2.45) is 0 Å². The van der Waals surface area contributed by atoms with Gasteiger partial charge >= 0.3 is 0 Å². The van der Waals surface area contributed by atoms with E-state index in [0.717, 1.165) is 12.3 Å². The van der Waals surface area contributed by atoms with Crippen molar-refractivity contribution in [1.29, 1.82) is 0 Å². The number of pyridine rings is 1. The van der Waals surface area contributed by atoms with Gasteiger partial charge in [0.2, 0.25) is 9.84 Å². The molecule has 0 N–H and O–H groups in total. The van der Waals surface area contributed by atoms with Gasteiger partial charge in [-0.1, -0.05) is 54.6 Å². The first-order valence-electron chi connectivity index (χ1n) is 10.9. The molecule has 0 radical (unpaired) electrons. The van der Waals surface area contributed by atoms with Crippen LogP contribution in [0.15, 0.2) is 134 Å².